The first kappa shape index (κ1) is 24.6. The number of fused-ring (bicyclic) bond motifs is 1. The molecule has 3 aliphatic rings. The number of amides is 2. The van der Waals surface area contributed by atoms with E-state index in [1.165, 1.54) is 5.56 Å². The number of rotatable bonds is 8. The highest BCUT2D eigenvalue weighted by Gasteiger charge is 2.30. The molecule has 2 amide bonds. The molecule has 1 atom stereocenters. The number of allylic oxidation sites excluding steroid dienone is 5. The van der Waals surface area contributed by atoms with Gasteiger partial charge in [0.1, 0.15) is 5.83 Å². The smallest absolute Gasteiger partial charge is 0.324 e. The molecule has 0 spiro atoms. The predicted octanol–water partition coefficient (Wildman–Crippen LogP) is 4.99. The molecule has 0 radical (unpaired) electrons. The van der Waals surface area contributed by atoms with Gasteiger partial charge in [-0.05, 0) is 68.5 Å². The largest absolute Gasteiger partial charge is 0.388 e. The molecule has 0 bridgehead atoms. The van der Waals surface area contributed by atoms with Crippen LogP contribution in [0, 0.1) is 13.8 Å². The second-order valence-electron chi connectivity index (χ2n) is 9.56. The van der Waals surface area contributed by atoms with E-state index in [2.05, 4.69) is 48.7 Å². The van der Waals surface area contributed by atoms with E-state index in [-0.39, 0.29) is 17.9 Å². The Labute approximate surface area is 207 Å². The van der Waals surface area contributed by atoms with Gasteiger partial charge in [0.2, 0.25) is 0 Å². The van der Waals surface area contributed by atoms with Crippen LogP contribution in [0.5, 0.6) is 0 Å². The maximum absolute atomic E-state index is 13.9. The Morgan fingerprint density at radius 3 is 2.89 bits per heavy atom. The number of nitrogens with one attached hydrogen (secondary N) is 3. The summed E-state index contributed by atoms with van der Waals surface area (Å²) in [6.45, 7) is 16.6. The maximum Gasteiger partial charge on any atom is 0.324 e. The minimum absolute atomic E-state index is 0.0614. The molecule has 2 saturated heterocycles. The molecule has 186 valence electrons. The van der Waals surface area contributed by atoms with Crippen molar-refractivity contribution in [3.05, 3.63) is 88.0 Å². The topological polar surface area (TPSA) is 63.4 Å². The summed E-state index contributed by atoms with van der Waals surface area (Å²) in [5.74, 6) is -0.191. The fourth-order valence-corrected chi connectivity index (χ4v) is 5.06. The standard InChI is InChI=1S/C28H36FN5O/c1-7-22-16-33(6)28(35)34(22)12-8-11-30-17(2)13-23-18(3)27(32-19(23)4)15-24-20(5)31-26-10-9-21(29)14-25(24)26/h7,9,14-15,26,30-32H,2,5,8,10-13,16H2,1,3-4,6H3/b22-7-,24-15+. The average Bonchev–Trinajstić information content (AvgIpc) is 3.38. The van der Waals surface area contributed by atoms with Crippen LogP contribution in [-0.4, -0.2) is 53.5 Å². The Hall–Kier alpha value is -3.48. The van der Waals surface area contributed by atoms with Crippen molar-refractivity contribution in [2.75, 3.05) is 26.7 Å². The number of H-pyrrole nitrogens is 1. The van der Waals surface area contributed by atoms with Crippen LogP contribution in [0.15, 0.2) is 65.5 Å². The van der Waals surface area contributed by atoms with Gasteiger partial charge >= 0.3 is 6.03 Å². The lowest BCUT2D eigenvalue weighted by Gasteiger charge is -2.18. The number of aromatic nitrogens is 1. The number of hydrogen-bond donors (Lipinski definition) is 3. The summed E-state index contributed by atoms with van der Waals surface area (Å²) in [7, 11) is 1.83. The third-order valence-electron chi connectivity index (χ3n) is 7.08. The van der Waals surface area contributed by atoms with E-state index in [4.69, 9.17) is 0 Å². The van der Waals surface area contributed by atoms with E-state index in [0.29, 0.717) is 25.9 Å². The molecule has 3 N–H and O–H groups in total. The number of halogens is 1. The summed E-state index contributed by atoms with van der Waals surface area (Å²) in [5, 5.41) is 6.79. The van der Waals surface area contributed by atoms with E-state index in [1.807, 2.05) is 24.9 Å². The quantitative estimate of drug-likeness (QED) is 0.462. The summed E-state index contributed by atoms with van der Waals surface area (Å²) < 4.78 is 13.9. The van der Waals surface area contributed by atoms with Crippen molar-refractivity contribution >= 4 is 12.1 Å². The van der Waals surface area contributed by atoms with Crippen molar-refractivity contribution in [2.24, 2.45) is 0 Å². The molecule has 7 heteroatoms. The molecule has 0 saturated carbocycles. The van der Waals surface area contributed by atoms with E-state index in [1.54, 1.807) is 17.1 Å². The number of urea groups is 1. The van der Waals surface area contributed by atoms with E-state index >= 15 is 0 Å². The Balaban J connectivity index is 1.37. The van der Waals surface area contributed by atoms with Gasteiger partial charge < -0.3 is 20.5 Å². The van der Waals surface area contributed by atoms with Crippen LogP contribution in [0.2, 0.25) is 0 Å². The van der Waals surface area contributed by atoms with Gasteiger partial charge in [-0.2, -0.15) is 0 Å². The van der Waals surface area contributed by atoms with Crippen LogP contribution in [0.3, 0.4) is 0 Å². The average molecular weight is 478 g/mol. The number of aryl methyl sites for hydroxylation is 1. The number of carbonyl (C=O) groups excluding carboxylic acids is 1. The molecular formula is C28H36FN5O. The summed E-state index contributed by atoms with van der Waals surface area (Å²) >= 11 is 0. The first-order chi connectivity index (χ1) is 16.7. The Bertz CT molecular complexity index is 1180. The summed E-state index contributed by atoms with van der Waals surface area (Å²) in [5.41, 5.74) is 9.21. The first-order valence-corrected chi connectivity index (χ1v) is 12.2. The van der Waals surface area contributed by atoms with Crippen molar-refractivity contribution in [1.82, 2.24) is 25.4 Å². The third-order valence-corrected chi connectivity index (χ3v) is 7.08. The molecule has 0 aromatic carbocycles. The molecule has 2 aliphatic heterocycles. The number of likely N-dealkylation sites (N-methyl/N-ethyl adjacent to an activating group) is 1. The summed E-state index contributed by atoms with van der Waals surface area (Å²) in [4.78, 5) is 19.4. The van der Waals surface area contributed by atoms with Crippen LogP contribution < -0.4 is 10.6 Å². The zero-order chi connectivity index (χ0) is 25.3. The Morgan fingerprint density at radius 2 is 2.14 bits per heavy atom. The summed E-state index contributed by atoms with van der Waals surface area (Å²) in [6.07, 6.45) is 9.48. The Morgan fingerprint density at radius 1 is 1.37 bits per heavy atom. The number of nitrogens with zero attached hydrogens (tertiary/aromatic N) is 2. The van der Waals surface area contributed by atoms with Gasteiger partial charge in [-0.1, -0.05) is 19.2 Å². The van der Waals surface area contributed by atoms with Crippen molar-refractivity contribution in [3.8, 4) is 0 Å². The van der Waals surface area contributed by atoms with Gasteiger partial charge in [0.25, 0.3) is 0 Å². The van der Waals surface area contributed by atoms with Gasteiger partial charge in [-0.25, -0.2) is 9.18 Å². The molecule has 35 heavy (non-hydrogen) atoms. The first-order valence-electron chi connectivity index (χ1n) is 12.2. The number of carbonyl (C=O) groups is 1. The van der Waals surface area contributed by atoms with E-state index < -0.39 is 0 Å². The van der Waals surface area contributed by atoms with Crippen molar-refractivity contribution in [1.29, 1.82) is 0 Å². The van der Waals surface area contributed by atoms with Gasteiger partial charge in [0, 0.05) is 60.6 Å². The van der Waals surface area contributed by atoms with Gasteiger partial charge in [-0.15, -0.1) is 0 Å². The fraction of sp³-hybridized carbons (Fsp3) is 0.393. The second-order valence-corrected chi connectivity index (χ2v) is 9.56. The molecular weight excluding hydrogens is 441 g/mol. The lowest BCUT2D eigenvalue weighted by atomic mass is 9.94. The monoisotopic (exact) mass is 477 g/mol. The molecule has 1 aromatic heterocycles. The molecule has 1 unspecified atom stereocenters. The van der Waals surface area contributed by atoms with Crippen molar-refractivity contribution < 1.29 is 9.18 Å². The lowest BCUT2D eigenvalue weighted by Crippen LogP contribution is -2.31. The zero-order valence-electron chi connectivity index (χ0n) is 21.2. The number of aromatic amines is 1. The Kier molecular flexibility index (Phi) is 7.05. The van der Waals surface area contributed by atoms with Gasteiger partial charge in [-0.3, -0.25) is 4.90 Å². The van der Waals surface area contributed by atoms with Crippen LogP contribution in [0.4, 0.5) is 9.18 Å². The maximum atomic E-state index is 13.9. The van der Waals surface area contributed by atoms with E-state index in [9.17, 15) is 9.18 Å². The van der Waals surface area contributed by atoms with Crippen LogP contribution in [0.1, 0.15) is 42.3 Å². The van der Waals surface area contributed by atoms with Crippen molar-refractivity contribution in [3.63, 3.8) is 0 Å². The minimum Gasteiger partial charge on any atom is -0.388 e. The fourth-order valence-electron chi connectivity index (χ4n) is 5.06. The zero-order valence-corrected chi connectivity index (χ0v) is 21.2. The molecule has 1 aromatic rings. The van der Waals surface area contributed by atoms with Crippen LogP contribution >= 0.6 is 0 Å². The number of hydrogen-bond acceptors (Lipinski definition) is 3. The third kappa shape index (κ3) is 4.99. The second kappa shape index (κ2) is 10.0. The lowest BCUT2D eigenvalue weighted by molar-refractivity contribution is 0.201. The van der Waals surface area contributed by atoms with Crippen LogP contribution in [-0.2, 0) is 6.42 Å². The highest BCUT2D eigenvalue weighted by molar-refractivity contribution is 5.79. The van der Waals surface area contributed by atoms with Gasteiger partial charge in [0.15, 0.2) is 0 Å². The molecule has 2 fully saturated rings. The normalized spacial score (nSPS) is 22.0. The van der Waals surface area contributed by atoms with E-state index in [0.717, 1.165) is 58.2 Å². The van der Waals surface area contributed by atoms with Crippen LogP contribution in [0.25, 0.3) is 6.08 Å². The highest BCUT2D eigenvalue weighted by atomic mass is 19.1. The predicted molar refractivity (Wildman–Crippen MR) is 140 cm³/mol. The minimum atomic E-state index is -0.191. The summed E-state index contributed by atoms with van der Waals surface area (Å²) in [6, 6.07) is 0.152. The molecule has 4 rings (SSSR count). The highest BCUT2D eigenvalue weighted by Crippen LogP contribution is 2.36. The molecule has 6 nitrogen and oxygen atoms in total. The SMILES string of the molecule is C=C(Cc1c(C)[nH]c(/C=C2\C(=C)NC3CC=C(F)C=C23)c1C)NCCCN1C(=O)N(C)C/C1=C/C. The molecule has 1 aliphatic carbocycles. The molecule has 3 heterocycles. The van der Waals surface area contributed by atoms with Crippen molar-refractivity contribution in [2.45, 2.75) is 46.1 Å². The van der Waals surface area contributed by atoms with Gasteiger partial charge in [0.05, 0.1) is 12.6 Å².